The maximum atomic E-state index is 8.55. The Bertz CT molecular complexity index is 68.2. The first-order valence-electron chi connectivity index (χ1n) is 0.934. The molecule has 0 amide bonds. The molecule has 0 aliphatic rings. The molecular formula is MgO5PSi+. The van der Waals surface area contributed by atoms with E-state index in [1.54, 1.807) is 10.1 Å². The zero-order chi connectivity index (χ0) is 6.50. The van der Waals surface area contributed by atoms with E-state index in [0.29, 0.717) is 0 Å². The Morgan fingerprint density at radius 1 is 1.12 bits per heavy atom. The van der Waals surface area contributed by atoms with E-state index in [0.717, 1.165) is 0 Å². The molecule has 0 aliphatic heterocycles. The van der Waals surface area contributed by atoms with Gasteiger partial charge in [0.25, 0.3) is 0 Å². The third kappa shape index (κ3) is 300. The molecule has 0 unspecified atom stereocenters. The van der Waals surface area contributed by atoms with Gasteiger partial charge in [-0.15, -0.1) is 0 Å². The first kappa shape index (κ1) is 16.0. The van der Waals surface area contributed by atoms with Crippen molar-refractivity contribution < 1.29 is 23.7 Å². The SMILES string of the molecule is O=P([O-])([O-])[O-].O=[Si+2].[Mg+2]. The van der Waals surface area contributed by atoms with E-state index in [2.05, 4.69) is 0 Å². The molecule has 0 rings (SSSR count). The van der Waals surface area contributed by atoms with Gasteiger partial charge < -0.3 is 19.2 Å². The number of phosphoric acid groups is 1. The zero-order valence-corrected chi connectivity index (χ0v) is 7.00. The van der Waals surface area contributed by atoms with Crippen LogP contribution in [0.15, 0.2) is 0 Å². The summed E-state index contributed by atoms with van der Waals surface area (Å²) in [5.74, 6) is 0. The Hall–Kier alpha value is 0.893. The molecule has 0 radical (unpaired) electrons. The minimum atomic E-state index is -5.39. The normalized spacial score (nSPS) is 8.12. The van der Waals surface area contributed by atoms with Crippen LogP contribution in [0.4, 0.5) is 0 Å². The molecule has 40 valence electrons. The second kappa shape index (κ2) is 7.89. The van der Waals surface area contributed by atoms with Crippen LogP contribution in [-0.4, -0.2) is 33.2 Å². The van der Waals surface area contributed by atoms with Crippen molar-refractivity contribution >= 4 is 41.0 Å². The molecule has 0 atom stereocenters. The fraction of sp³-hybridized carbons (Fsp3) is 0. The first-order chi connectivity index (χ1) is 3.00. The van der Waals surface area contributed by atoms with Crippen molar-refractivity contribution in [2.75, 3.05) is 0 Å². The number of hydrogen-bond donors (Lipinski definition) is 0. The van der Waals surface area contributed by atoms with Crippen molar-refractivity contribution in [1.29, 1.82) is 0 Å². The molecule has 0 fully saturated rings. The van der Waals surface area contributed by atoms with Crippen molar-refractivity contribution in [3.05, 3.63) is 0 Å². The van der Waals surface area contributed by atoms with E-state index in [9.17, 15) is 0 Å². The molecule has 0 N–H and O–H groups in total. The van der Waals surface area contributed by atoms with Gasteiger partial charge in [0.15, 0.2) is 0 Å². The standard InChI is InChI=1S/Mg.H3O4P.OSi/c;1-5(2,3)4;1-2/h;(H3,1,2,3,4);/q+2;;+2/p-3. The molecule has 8 heteroatoms. The molecule has 0 aromatic heterocycles. The maximum absolute atomic E-state index is 8.55. The zero-order valence-electron chi connectivity index (χ0n) is 3.70. The molecule has 0 saturated carbocycles. The van der Waals surface area contributed by atoms with Gasteiger partial charge in [-0.05, 0) is 0 Å². The monoisotopic (exact) mass is 163 g/mol. The molecule has 0 bridgehead atoms. The van der Waals surface area contributed by atoms with Crippen LogP contribution in [0.25, 0.3) is 0 Å². The van der Waals surface area contributed by atoms with Crippen molar-refractivity contribution in [3.8, 4) is 0 Å². The van der Waals surface area contributed by atoms with Gasteiger partial charge in [0.1, 0.15) is 0 Å². The summed E-state index contributed by atoms with van der Waals surface area (Å²) in [6.07, 6.45) is 0. The number of hydrogen-bond acceptors (Lipinski definition) is 5. The van der Waals surface area contributed by atoms with Gasteiger partial charge in [0.2, 0.25) is 0 Å². The van der Waals surface area contributed by atoms with Crippen LogP contribution < -0.4 is 14.7 Å². The van der Waals surface area contributed by atoms with E-state index in [-0.39, 0.29) is 23.1 Å². The predicted octanol–water partition coefficient (Wildman–Crippen LogP) is -3.71. The smallest absolute Gasteiger partial charge is 2.00 e. The van der Waals surface area contributed by atoms with Gasteiger partial charge in [-0.3, -0.25) is 0 Å². The number of rotatable bonds is 0. The van der Waals surface area contributed by atoms with Crippen molar-refractivity contribution in [3.63, 3.8) is 0 Å². The summed E-state index contributed by atoms with van der Waals surface area (Å²) in [5, 5.41) is 0. The first-order valence-corrected chi connectivity index (χ1v) is 2.80. The Balaban J connectivity index is -0.0000000750. The average molecular weight is 163 g/mol. The minimum Gasteiger partial charge on any atom is 2.00 e. The largest absolute Gasteiger partial charge is 2.00 e. The summed E-state index contributed by atoms with van der Waals surface area (Å²) < 4.78 is 16.6. The van der Waals surface area contributed by atoms with E-state index < -0.39 is 7.82 Å². The molecule has 0 aliphatic carbocycles. The summed E-state index contributed by atoms with van der Waals surface area (Å²) >= 11 is 0. The van der Waals surface area contributed by atoms with Gasteiger partial charge >= 0.3 is 37.6 Å². The van der Waals surface area contributed by atoms with Crippen LogP contribution in [0, 0.1) is 0 Å². The van der Waals surface area contributed by atoms with E-state index in [1.165, 1.54) is 0 Å². The van der Waals surface area contributed by atoms with Crippen molar-refractivity contribution in [2.24, 2.45) is 0 Å². The van der Waals surface area contributed by atoms with Crippen molar-refractivity contribution in [2.45, 2.75) is 0 Å². The average Bonchev–Trinajstić information content (AvgIpc) is 1.36. The fourth-order valence-electron chi connectivity index (χ4n) is 0. The third-order valence-corrected chi connectivity index (χ3v) is 0. The minimum absolute atomic E-state index is 0. The molecule has 0 aromatic rings. The van der Waals surface area contributed by atoms with Crippen LogP contribution in [-0.2, 0) is 9.03 Å². The molecule has 0 spiro atoms. The Morgan fingerprint density at radius 2 is 1.12 bits per heavy atom. The predicted molar refractivity (Wildman–Crippen MR) is 19.8 cm³/mol. The van der Waals surface area contributed by atoms with Crippen LogP contribution in [0.3, 0.4) is 0 Å². The van der Waals surface area contributed by atoms with Gasteiger partial charge in [-0.1, -0.05) is 0 Å². The van der Waals surface area contributed by atoms with Gasteiger partial charge in [0.05, 0.1) is 0 Å². The topological polar surface area (TPSA) is 103 Å². The summed E-state index contributed by atoms with van der Waals surface area (Å²) in [6.45, 7) is 0. The molecule has 0 saturated heterocycles. The molecule has 0 heterocycles. The molecule has 0 aromatic carbocycles. The Kier molecular flexibility index (Phi) is 15.7. The van der Waals surface area contributed by atoms with E-state index in [4.69, 9.17) is 23.7 Å². The van der Waals surface area contributed by atoms with Gasteiger partial charge in [0, 0.05) is 0 Å². The van der Waals surface area contributed by atoms with E-state index in [1.807, 2.05) is 0 Å². The fourth-order valence-corrected chi connectivity index (χ4v) is 0. The second-order valence-electron chi connectivity index (χ2n) is 0.447. The molecule has 5 nitrogen and oxygen atoms in total. The van der Waals surface area contributed by atoms with Crippen LogP contribution in [0.2, 0.25) is 0 Å². The summed E-state index contributed by atoms with van der Waals surface area (Å²) in [5.41, 5.74) is 0. The van der Waals surface area contributed by atoms with Crippen LogP contribution in [0.1, 0.15) is 0 Å². The summed E-state index contributed by atoms with van der Waals surface area (Å²) in [6, 6.07) is 0. The maximum Gasteiger partial charge on any atom is 2.00 e. The Labute approximate surface area is 65.0 Å². The second-order valence-corrected chi connectivity index (χ2v) is 1.34. The molecular weight excluding hydrogens is 163 g/mol. The third-order valence-electron chi connectivity index (χ3n) is 0. The summed E-state index contributed by atoms with van der Waals surface area (Å²) in [7, 11) is -3.67. The quantitative estimate of drug-likeness (QED) is 0.270. The van der Waals surface area contributed by atoms with Gasteiger partial charge in [-0.2, -0.15) is 7.82 Å². The van der Waals surface area contributed by atoms with Gasteiger partial charge in [-0.25, -0.2) is 0 Å². The molecule has 8 heavy (non-hydrogen) atoms. The van der Waals surface area contributed by atoms with Crippen LogP contribution in [0.5, 0.6) is 0 Å². The van der Waals surface area contributed by atoms with E-state index >= 15 is 0 Å². The summed E-state index contributed by atoms with van der Waals surface area (Å²) in [4.78, 5) is 25.6. The van der Waals surface area contributed by atoms with Crippen molar-refractivity contribution in [1.82, 2.24) is 0 Å². The van der Waals surface area contributed by atoms with Crippen LogP contribution >= 0.6 is 7.82 Å². The Morgan fingerprint density at radius 3 is 1.12 bits per heavy atom.